The zero-order valence-electron chi connectivity index (χ0n) is 8.03. The molecule has 0 bridgehead atoms. The van der Waals surface area contributed by atoms with Crippen LogP contribution in [0, 0.1) is 6.92 Å². The summed E-state index contributed by atoms with van der Waals surface area (Å²) in [7, 11) is 0. The van der Waals surface area contributed by atoms with Crippen LogP contribution in [0.2, 0.25) is 0 Å². The van der Waals surface area contributed by atoms with Gasteiger partial charge in [-0.05, 0) is 20.8 Å². The maximum Gasteiger partial charge on any atom is 0.202 e. The summed E-state index contributed by atoms with van der Waals surface area (Å²) in [6.45, 7) is 5.76. The fourth-order valence-corrected chi connectivity index (χ4v) is 0.905. The normalized spacial score (nSPS) is 12.2. The van der Waals surface area contributed by atoms with Gasteiger partial charge in [0.05, 0.1) is 5.69 Å². The SMILES string of the molecule is Cc1cc(C(=NC(C)C)NN)on1. The summed E-state index contributed by atoms with van der Waals surface area (Å²) in [5, 5.41) is 3.74. The number of hydrogen-bond acceptors (Lipinski definition) is 4. The van der Waals surface area contributed by atoms with Crippen molar-refractivity contribution >= 4 is 5.84 Å². The van der Waals surface area contributed by atoms with Crippen LogP contribution >= 0.6 is 0 Å². The molecule has 0 amide bonds. The van der Waals surface area contributed by atoms with E-state index in [1.807, 2.05) is 20.8 Å². The van der Waals surface area contributed by atoms with E-state index in [-0.39, 0.29) is 6.04 Å². The van der Waals surface area contributed by atoms with Gasteiger partial charge < -0.3 is 9.95 Å². The number of aromatic nitrogens is 1. The second-order valence-electron chi connectivity index (χ2n) is 3.05. The Balaban J connectivity index is 2.90. The minimum atomic E-state index is 0.163. The molecular weight excluding hydrogens is 168 g/mol. The molecule has 0 aliphatic carbocycles. The Hall–Kier alpha value is -1.36. The van der Waals surface area contributed by atoms with Gasteiger partial charge in [-0.2, -0.15) is 0 Å². The van der Waals surface area contributed by atoms with Crippen molar-refractivity contribution in [3.8, 4) is 0 Å². The quantitative estimate of drug-likeness (QED) is 0.304. The van der Waals surface area contributed by atoms with Gasteiger partial charge in [0.2, 0.25) is 5.76 Å². The molecule has 1 rings (SSSR count). The third-order valence-electron chi connectivity index (χ3n) is 1.39. The number of rotatable bonds is 2. The number of amidine groups is 1. The lowest BCUT2D eigenvalue weighted by Gasteiger charge is -2.02. The summed E-state index contributed by atoms with van der Waals surface area (Å²) in [5.41, 5.74) is 3.29. The number of hydrogen-bond donors (Lipinski definition) is 2. The lowest BCUT2D eigenvalue weighted by atomic mass is 10.3. The molecule has 72 valence electrons. The van der Waals surface area contributed by atoms with Gasteiger partial charge in [-0.15, -0.1) is 0 Å². The molecule has 1 heterocycles. The highest BCUT2D eigenvalue weighted by molar-refractivity contribution is 5.95. The summed E-state index contributed by atoms with van der Waals surface area (Å²) < 4.78 is 4.99. The van der Waals surface area contributed by atoms with Gasteiger partial charge in [-0.3, -0.25) is 4.99 Å². The van der Waals surface area contributed by atoms with E-state index in [1.165, 1.54) is 0 Å². The molecule has 3 N–H and O–H groups in total. The number of aryl methyl sites for hydroxylation is 1. The van der Waals surface area contributed by atoms with E-state index in [2.05, 4.69) is 15.6 Å². The van der Waals surface area contributed by atoms with Crippen LogP contribution in [0.3, 0.4) is 0 Å². The first-order valence-corrected chi connectivity index (χ1v) is 4.11. The third-order valence-corrected chi connectivity index (χ3v) is 1.39. The lowest BCUT2D eigenvalue weighted by Crippen LogP contribution is -2.31. The fourth-order valence-electron chi connectivity index (χ4n) is 0.905. The van der Waals surface area contributed by atoms with Gasteiger partial charge in [-0.25, -0.2) is 5.84 Å². The van der Waals surface area contributed by atoms with Crippen molar-refractivity contribution in [2.75, 3.05) is 0 Å². The summed E-state index contributed by atoms with van der Waals surface area (Å²) >= 11 is 0. The molecule has 0 aliphatic rings. The highest BCUT2D eigenvalue weighted by Crippen LogP contribution is 2.03. The fraction of sp³-hybridized carbons (Fsp3) is 0.500. The first-order chi connectivity index (χ1) is 6.13. The van der Waals surface area contributed by atoms with Crippen molar-refractivity contribution in [2.45, 2.75) is 26.8 Å². The van der Waals surface area contributed by atoms with E-state index in [4.69, 9.17) is 10.4 Å². The molecule has 0 aliphatic heterocycles. The van der Waals surface area contributed by atoms with Gasteiger partial charge in [0.15, 0.2) is 5.84 Å². The van der Waals surface area contributed by atoms with Gasteiger partial charge in [0.1, 0.15) is 0 Å². The summed E-state index contributed by atoms with van der Waals surface area (Å²) in [5.74, 6) is 6.38. The van der Waals surface area contributed by atoms with Gasteiger partial charge >= 0.3 is 0 Å². The molecule has 0 fully saturated rings. The molecule has 1 aromatic rings. The van der Waals surface area contributed by atoms with Crippen LogP contribution in [-0.4, -0.2) is 17.0 Å². The van der Waals surface area contributed by atoms with Crippen LogP contribution in [0.25, 0.3) is 0 Å². The maximum absolute atomic E-state index is 5.29. The molecule has 0 unspecified atom stereocenters. The van der Waals surface area contributed by atoms with Crippen LogP contribution in [0.1, 0.15) is 25.3 Å². The number of aliphatic imine (C=N–C) groups is 1. The smallest absolute Gasteiger partial charge is 0.202 e. The first-order valence-electron chi connectivity index (χ1n) is 4.11. The van der Waals surface area contributed by atoms with E-state index >= 15 is 0 Å². The zero-order valence-corrected chi connectivity index (χ0v) is 8.03. The van der Waals surface area contributed by atoms with Crippen molar-refractivity contribution in [2.24, 2.45) is 10.8 Å². The zero-order chi connectivity index (χ0) is 9.84. The molecule has 5 heteroatoms. The van der Waals surface area contributed by atoms with Crippen LogP contribution in [0.5, 0.6) is 0 Å². The molecule has 0 atom stereocenters. The summed E-state index contributed by atoms with van der Waals surface area (Å²) in [4.78, 5) is 4.23. The Morgan fingerprint density at radius 3 is 2.77 bits per heavy atom. The van der Waals surface area contributed by atoms with Crippen LogP contribution in [-0.2, 0) is 0 Å². The predicted molar refractivity (Wildman–Crippen MR) is 50.2 cm³/mol. The molecule has 13 heavy (non-hydrogen) atoms. The van der Waals surface area contributed by atoms with E-state index in [0.29, 0.717) is 11.6 Å². The number of nitrogens with two attached hydrogens (primary N) is 1. The van der Waals surface area contributed by atoms with E-state index in [0.717, 1.165) is 5.69 Å². The third kappa shape index (κ3) is 2.55. The van der Waals surface area contributed by atoms with Crippen molar-refractivity contribution < 1.29 is 4.52 Å². The van der Waals surface area contributed by atoms with Crippen molar-refractivity contribution in [3.63, 3.8) is 0 Å². The molecule has 0 saturated carbocycles. The van der Waals surface area contributed by atoms with E-state index < -0.39 is 0 Å². The van der Waals surface area contributed by atoms with Crippen LogP contribution < -0.4 is 11.3 Å². The standard InChI is InChI=1S/C8H14N4O/c1-5(2)10-8(11-9)7-4-6(3)12-13-7/h4-5H,9H2,1-3H3,(H,10,11). The molecule has 0 saturated heterocycles. The largest absolute Gasteiger partial charge is 0.353 e. The van der Waals surface area contributed by atoms with Crippen molar-refractivity contribution in [1.82, 2.24) is 10.6 Å². The lowest BCUT2D eigenvalue weighted by molar-refractivity contribution is 0.406. The van der Waals surface area contributed by atoms with Crippen LogP contribution in [0.15, 0.2) is 15.6 Å². The van der Waals surface area contributed by atoms with E-state index in [1.54, 1.807) is 6.07 Å². The average Bonchev–Trinajstić information content (AvgIpc) is 2.47. The molecule has 0 spiro atoms. The second-order valence-corrected chi connectivity index (χ2v) is 3.05. The molecule has 1 aromatic heterocycles. The first kappa shape index (κ1) is 9.73. The molecule has 0 aromatic carbocycles. The van der Waals surface area contributed by atoms with Crippen LogP contribution in [0.4, 0.5) is 0 Å². The monoisotopic (exact) mass is 182 g/mol. The number of hydrazine groups is 1. The number of nitrogens with one attached hydrogen (secondary N) is 1. The predicted octanol–water partition coefficient (Wildman–Crippen LogP) is 0.601. The summed E-state index contributed by atoms with van der Waals surface area (Å²) in [6, 6.07) is 1.94. The van der Waals surface area contributed by atoms with E-state index in [9.17, 15) is 0 Å². The van der Waals surface area contributed by atoms with Crippen molar-refractivity contribution in [1.29, 1.82) is 0 Å². The Bertz CT molecular complexity index is 303. The van der Waals surface area contributed by atoms with Gasteiger partial charge in [-0.1, -0.05) is 5.16 Å². The minimum absolute atomic E-state index is 0.163. The highest BCUT2D eigenvalue weighted by Gasteiger charge is 2.07. The molecule has 0 radical (unpaired) electrons. The average molecular weight is 182 g/mol. The highest BCUT2D eigenvalue weighted by atomic mass is 16.5. The Morgan fingerprint density at radius 2 is 2.38 bits per heavy atom. The van der Waals surface area contributed by atoms with Gasteiger partial charge in [0.25, 0.3) is 0 Å². The van der Waals surface area contributed by atoms with Crippen molar-refractivity contribution in [3.05, 3.63) is 17.5 Å². The number of nitrogens with zero attached hydrogens (tertiary/aromatic N) is 2. The van der Waals surface area contributed by atoms with Gasteiger partial charge in [0, 0.05) is 12.1 Å². The topological polar surface area (TPSA) is 76.4 Å². The Morgan fingerprint density at radius 1 is 1.69 bits per heavy atom. The molecular formula is C8H14N4O. The Kier molecular flexibility index (Phi) is 3.02. The second kappa shape index (κ2) is 4.04. The summed E-state index contributed by atoms with van der Waals surface area (Å²) in [6.07, 6.45) is 0. The molecule has 5 nitrogen and oxygen atoms in total. The minimum Gasteiger partial charge on any atom is -0.353 e. The Labute approximate surface area is 77.0 Å². The maximum atomic E-state index is 5.29.